The third-order valence-electron chi connectivity index (χ3n) is 2.66. The molecule has 0 saturated heterocycles. The lowest BCUT2D eigenvalue weighted by molar-refractivity contribution is 0.100. The fraction of sp³-hybridized carbons (Fsp3) is 0.500. The highest BCUT2D eigenvalue weighted by atomic mass is 79.9. The summed E-state index contributed by atoms with van der Waals surface area (Å²) >= 11 is 3.27. The summed E-state index contributed by atoms with van der Waals surface area (Å²) in [6.07, 6.45) is 1.56. The van der Waals surface area contributed by atoms with Crippen molar-refractivity contribution in [3.05, 3.63) is 34.1 Å². The quantitative estimate of drug-likeness (QED) is 0.627. The average molecular weight is 305 g/mol. The molecule has 0 saturated carbocycles. The van der Waals surface area contributed by atoms with Crippen LogP contribution in [0.5, 0.6) is 0 Å². The number of nitrogens with one attached hydrogen (secondary N) is 1. The maximum Gasteiger partial charge on any atom is 0.124 e. The summed E-state index contributed by atoms with van der Waals surface area (Å²) in [7, 11) is 1.66. The minimum Gasteiger partial charge on any atom is -0.382 e. The molecule has 0 bridgehead atoms. The van der Waals surface area contributed by atoms with Crippen LogP contribution in [-0.4, -0.2) is 19.3 Å². The van der Waals surface area contributed by atoms with Crippen LogP contribution in [0.3, 0.4) is 0 Å². The second-order valence-electron chi connectivity index (χ2n) is 4.13. The molecule has 0 fully saturated rings. The van der Waals surface area contributed by atoms with Gasteiger partial charge in [0, 0.05) is 17.6 Å². The largest absolute Gasteiger partial charge is 0.382 e. The normalized spacial score (nSPS) is 14.6. The number of nitrogens with two attached hydrogens (primary N) is 1. The number of methoxy groups -OCH3 is 1. The Hall–Kier alpha value is -0.490. The molecule has 0 radical (unpaired) electrons. The van der Waals surface area contributed by atoms with Crippen LogP contribution in [0.1, 0.15) is 18.9 Å². The molecule has 17 heavy (non-hydrogen) atoms. The molecule has 0 amide bonds. The molecular weight excluding hydrogens is 287 g/mol. The molecule has 0 aromatic heterocycles. The Kier molecular flexibility index (Phi) is 6.05. The zero-order chi connectivity index (χ0) is 12.8. The lowest BCUT2D eigenvalue weighted by Gasteiger charge is -2.19. The Labute approximate surface area is 110 Å². The molecular formula is C12H18BrFN2O. The van der Waals surface area contributed by atoms with E-state index in [0.717, 1.165) is 16.5 Å². The van der Waals surface area contributed by atoms with Crippen molar-refractivity contribution in [2.75, 3.05) is 7.11 Å². The first-order valence-electron chi connectivity index (χ1n) is 5.49. The lowest BCUT2D eigenvalue weighted by atomic mass is 10.0. The van der Waals surface area contributed by atoms with E-state index in [1.807, 2.05) is 13.0 Å². The highest BCUT2D eigenvalue weighted by Crippen LogP contribution is 2.17. The van der Waals surface area contributed by atoms with Gasteiger partial charge in [-0.2, -0.15) is 0 Å². The number of ether oxygens (including phenoxy) is 1. The van der Waals surface area contributed by atoms with Crippen LogP contribution in [0.25, 0.3) is 0 Å². The van der Waals surface area contributed by atoms with Crippen molar-refractivity contribution in [2.45, 2.75) is 31.9 Å². The molecule has 1 aromatic carbocycles. The average Bonchev–Trinajstić information content (AvgIpc) is 2.26. The van der Waals surface area contributed by atoms with Crippen molar-refractivity contribution in [2.24, 2.45) is 5.84 Å². The maximum absolute atomic E-state index is 13.2. The zero-order valence-electron chi connectivity index (χ0n) is 10.0. The number of rotatable bonds is 6. The monoisotopic (exact) mass is 304 g/mol. The first-order valence-corrected chi connectivity index (χ1v) is 6.28. The number of benzene rings is 1. The first kappa shape index (κ1) is 14.6. The van der Waals surface area contributed by atoms with E-state index in [0.29, 0.717) is 6.42 Å². The topological polar surface area (TPSA) is 47.3 Å². The maximum atomic E-state index is 13.2. The molecule has 3 nitrogen and oxygen atoms in total. The fourth-order valence-corrected chi connectivity index (χ4v) is 2.23. The van der Waals surface area contributed by atoms with E-state index in [1.54, 1.807) is 7.11 Å². The molecule has 0 heterocycles. The molecule has 0 aliphatic heterocycles. The van der Waals surface area contributed by atoms with Crippen molar-refractivity contribution in [3.8, 4) is 0 Å². The Morgan fingerprint density at radius 1 is 1.47 bits per heavy atom. The molecule has 0 aliphatic rings. The summed E-state index contributed by atoms with van der Waals surface area (Å²) in [6.45, 7) is 1.98. The summed E-state index contributed by atoms with van der Waals surface area (Å²) in [5, 5.41) is 0. The lowest BCUT2D eigenvalue weighted by Crippen LogP contribution is -2.39. The second kappa shape index (κ2) is 7.06. The Balaban J connectivity index is 2.66. The van der Waals surface area contributed by atoms with Gasteiger partial charge in [0.2, 0.25) is 0 Å². The molecule has 0 aliphatic carbocycles. The molecule has 2 unspecified atom stereocenters. The van der Waals surface area contributed by atoms with Gasteiger partial charge in [-0.3, -0.25) is 11.3 Å². The van der Waals surface area contributed by atoms with E-state index < -0.39 is 0 Å². The summed E-state index contributed by atoms with van der Waals surface area (Å²) in [6, 6.07) is 4.92. The third-order valence-corrected chi connectivity index (χ3v) is 3.12. The van der Waals surface area contributed by atoms with E-state index in [4.69, 9.17) is 10.6 Å². The Morgan fingerprint density at radius 2 is 2.18 bits per heavy atom. The third kappa shape index (κ3) is 5.12. The van der Waals surface area contributed by atoms with Crippen LogP contribution in [0.2, 0.25) is 0 Å². The van der Waals surface area contributed by atoms with Crippen molar-refractivity contribution in [1.29, 1.82) is 0 Å². The first-order chi connectivity index (χ1) is 8.05. The number of hydrazine groups is 1. The molecule has 2 atom stereocenters. The minimum atomic E-state index is -0.245. The molecule has 1 rings (SSSR count). The Bertz CT molecular complexity index is 342. The zero-order valence-corrected chi connectivity index (χ0v) is 11.6. The van der Waals surface area contributed by atoms with Gasteiger partial charge in [0.15, 0.2) is 0 Å². The van der Waals surface area contributed by atoms with E-state index in [1.165, 1.54) is 12.1 Å². The minimum absolute atomic E-state index is 0.0682. The molecule has 1 aromatic rings. The van der Waals surface area contributed by atoms with Gasteiger partial charge in [-0.05, 0) is 43.5 Å². The van der Waals surface area contributed by atoms with Gasteiger partial charge in [0.1, 0.15) is 5.82 Å². The van der Waals surface area contributed by atoms with E-state index in [9.17, 15) is 4.39 Å². The predicted molar refractivity (Wildman–Crippen MR) is 70.0 cm³/mol. The predicted octanol–water partition coefficient (Wildman–Crippen LogP) is 2.39. The number of hydrogen-bond acceptors (Lipinski definition) is 3. The van der Waals surface area contributed by atoms with Crippen molar-refractivity contribution in [1.82, 2.24) is 5.43 Å². The fourth-order valence-electron chi connectivity index (χ4n) is 1.72. The van der Waals surface area contributed by atoms with Gasteiger partial charge in [0.05, 0.1) is 6.10 Å². The van der Waals surface area contributed by atoms with Crippen LogP contribution in [-0.2, 0) is 11.2 Å². The van der Waals surface area contributed by atoms with E-state index in [-0.39, 0.29) is 18.0 Å². The van der Waals surface area contributed by atoms with Crippen molar-refractivity contribution in [3.63, 3.8) is 0 Å². The van der Waals surface area contributed by atoms with Crippen molar-refractivity contribution < 1.29 is 9.13 Å². The number of hydrogen-bond donors (Lipinski definition) is 2. The highest BCUT2D eigenvalue weighted by molar-refractivity contribution is 9.10. The van der Waals surface area contributed by atoms with Gasteiger partial charge in [-0.1, -0.05) is 15.9 Å². The summed E-state index contributed by atoms with van der Waals surface area (Å²) in [5.41, 5.74) is 3.64. The highest BCUT2D eigenvalue weighted by Gasteiger charge is 2.13. The van der Waals surface area contributed by atoms with Gasteiger partial charge >= 0.3 is 0 Å². The van der Waals surface area contributed by atoms with E-state index in [2.05, 4.69) is 21.4 Å². The smallest absolute Gasteiger partial charge is 0.124 e. The molecule has 0 spiro atoms. The van der Waals surface area contributed by atoms with Crippen molar-refractivity contribution >= 4 is 15.9 Å². The van der Waals surface area contributed by atoms with Gasteiger partial charge in [-0.15, -0.1) is 0 Å². The van der Waals surface area contributed by atoms with Crippen LogP contribution in [0.4, 0.5) is 4.39 Å². The summed E-state index contributed by atoms with van der Waals surface area (Å²) < 4.78 is 19.1. The van der Waals surface area contributed by atoms with Gasteiger partial charge in [0.25, 0.3) is 0 Å². The van der Waals surface area contributed by atoms with E-state index >= 15 is 0 Å². The van der Waals surface area contributed by atoms with Gasteiger partial charge in [-0.25, -0.2) is 4.39 Å². The number of halogens is 2. The van der Waals surface area contributed by atoms with Crippen LogP contribution in [0, 0.1) is 5.82 Å². The Morgan fingerprint density at radius 3 is 2.71 bits per heavy atom. The molecule has 3 N–H and O–H groups in total. The standard InChI is InChI=1S/C12H18BrFN2O/c1-8(17-2)3-12(16-15)6-9-4-10(13)7-11(14)5-9/h4-5,7-8,12,16H,3,6,15H2,1-2H3. The summed E-state index contributed by atoms with van der Waals surface area (Å²) in [5.74, 6) is 5.24. The molecule has 5 heteroatoms. The van der Waals surface area contributed by atoms with Crippen LogP contribution >= 0.6 is 15.9 Å². The SMILES string of the molecule is COC(C)CC(Cc1cc(F)cc(Br)c1)NN. The summed E-state index contributed by atoms with van der Waals surface area (Å²) in [4.78, 5) is 0. The second-order valence-corrected chi connectivity index (χ2v) is 5.04. The molecule has 96 valence electrons. The van der Waals surface area contributed by atoms with Gasteiger partial charge < -0.3 is 4.74 Å². The van der Waals surface area contributed by atoms with Crippen LogP contribution in [0.15, 0.2) is 22.7 Å². The van der Waals surface area contributed by atoms with Crippen LogP contribution < -0.4 is 11.3 Å².